The SMILES string of the molecule is Clc1cccc(C2N3CCc4c([nH]c5ccccc45)C3[C@H]3CCCCN23)c1. The molecule has 3 aliphatic heterocycles. The highest BCUT2D eigenvalue weighted by Gasteiger charge is 2.51. The van der Waals surface area contributed by atoms with Gasteiger partial charge in [0.25, 0.3) is 0 Å². The lowest BCUT2D eigenvalue weighted by Gasteiger charge is -2.35. The summed E-state index contributed by atoms with van der Waals surface area (Å²) in [5.74, 6) is 0. The minimum atomic E-state index is 0.346. The van der Waals surface area contributed by atoms with Gasteiger partial charge in [-0.1, -0.05) is 48.4 Å². The number of para-hydroxylation sites is 1. The van der Waals surface area contributed by atoms with E-state index >= 15 is 0 Å². The van der Waals surface area contributed by atoms with Gasteiger partial charge in [0.1, 0.15) is 0 Å². The molecule has 0 saturated carbocycles. The number of H-pyrrole nitrogens is 1. The lowest BCUT2D eigenvalue weighted by Crippen LogP contribution is -2.38. The maximum Gasteiger partial charge on any atom is 0.0896 e. The number of halogens is 1. The zero-order valence-corrected chi connectivity index (χ0v) is 16.1. The highest BCUT2D eigenvalue weighted by Crippen LogP contribution is 2.51. The Hall–Kier alpha value is -1.81. The highest BCUT2D eigenvalue weighted by atomic mass is 35.5. The topological polar surface area (TPSA) is 22.3 Å². The second kappa shape index (κ2) is 6.10. The summed E-state index contributed by atoms with van der Waals surface area (Å²) in [6, 6.07) is 18.4. The van der Waals surface area contributed by atoms with E-state index in [1.807, 2.05) is 6.07 Å². The van der Waals surface area contributed by atoms with Gasteiger partial charge in [-0.15, -0.1) is 0 Å². The van der Waals surface area contributed by atoms with Gasteiger partial charge >= 0.3 is 0 Å². The summed E-state index contributed by atoms with van der Waals surface area (Å²) in [7, 11) is 0. The quantitative estimate of drug-likeness (QED) is 0.622. The molecule has 3 aromatic rings. The molecule has 27 heavy (non-hydrogen) atoms. The lowest BCUT2D eigenvalue weighted by molar-refractivity contribution is 0.0977. The second-order valence-corrected chi connectivity index (χ2v) is 8.66. The molecular formula is C23H24ClN3. The van der Waals surface area contributed by atoms with Crippen molar-refractivity contribution in [3.05, 3.63) is 70.4 Å². The lowest BCUT2D eigenvalue weighted by atomic mass is 9.90. The zero-order valence-electron chi connectivity index (χ0n) is 15.4. The van der Waals surface area contributed by atoms with Crippen molar-refractivity contribution in [1.29, 1.82) is 0 Å². The number of aromatic nitrogens is 1. The van der Waals surface area contributed by atoms with Gasteiger partial charge in [-0.2, -0.15) is 0 Å². The molecule has 3 aliphatic rings. The maximum atomic E-state index is 6.36. The molecule has 2 aromatic carbocycles. The number of rotatable bonds is 1. The van der Waals surface area contributed by atoms with Crippen LogP contribution in [0.5, 0.6) is 0 Å². The van der Waals surface area contributed by atoms with Gasteiger partial charge in [0.15, 0.2) is 0 Å². The van der Waals surface area contributed by atoms with Crippen LogP contribution in [0.25, 0.3) is 10.9 Å². The van der Waals surface area contributed by atoms with Crippen LogP contribution in [-0.2, 0) is 6.42 Å². The Labute approximate surface area is 164 Å². The first-order chi connectivity index (χ1) is 13.3. The van der Waals surface area contributed by atoms with Crippen LogP contribution in [0.2, 0.25) is 5.02 Å². The fraction of sp³-hybridized carbons (Fsp3) is 0.391. The molecule has 0 bridgehead atoms. The molecule has 2 saturated heterocycles. The molecule has 0 radical (unpaired) electrons. The fourth-order valence-electron chi connectivity index (χ4n) is 5.84. The summed E-state index contributed by atoms with van der Waals surface area (Å²) >= 11 is 6.36. The number of hydrogen-bond donors (Lipinski definition) is 1. The molecule has 1 aromatic heterocycles. The third-order valence-corrected chi connectivity index (χ3v) is 7.09. The summed E-state index contributed by atoms with van der Waals surface area (Å²) in [5, 5.41) is 2.26. The molecule has 1 N–H and O–H groups in total. The number of fused-ring (bicyclic) bond motifs is 7. The van der Waals surface area contributed by atoms with Crippen LogP contribution in [0.1, 0.15) is 48.3 Å². The van der Waals surface area contributed by atoms with Crippen LogP contribution in [0.15, 0.2) is 48.5 Å². The van der Waals surface area contributed by atoms with Crippen LogP contribution in [0.4, 0.5) is 0 Å². The molecule has 2 fully saturated rings. The number of nitrogens with zero attached hydrogens (tertiary/aromatic N) is 2. The molecule has 2 unspecified atom stereocenters. The van der Waals surface area contributed by atoms with Crippen molar-refractivity contribution in [2.45, 2.75) is 43.9 Å². The van der Waals surface area contributed by atoms with Gasteiger partial charge in [0, 0.05) is 40.8 Å². The van der Waals surface area contributed by atoms with Crippen LogP contribution >= 0.6 is 11.6 Å². The Bertz CT molecular complexity index is 1010. The Morgan fingerprint density at radius 2 is 1.89 bits per heavy atom. The molecule has 3 nitrogen and oxygen atoms in total. The van der Waals surface area contributed by atoms with E-state index in [0.29, 0.717) is 18.2 Å². The van der Waals surface area contributed by atoms with Crippen molar-refractivity contribution in [2.75, 3.05) is 13.1 Å². The molecule has 4 heteroatoms. The second-order valence-electron chi connectivity index (χ2n) is 8.23. The van der Waals surface area contributed by atoms with Crippen molar-refractivity contribution in [3.63, 3.8) is 0 Å². The number of piperidine rings is 1. The fourth-order valence-corrected chi connectivity index (χ4v) is 6.04. The van der Waals surface area contributed by atoms with Crippen molar-refractivity contribution >= 4 is 22.5 Å². The van der Waals surface area contributed by atoms with Crippen LogP contribution < -0.4 is 0 Å². The van der Waals surface area contributed by atoms with E-state index in [1.54, 1.807) is 5.56 Å². The number of hydrogen-bond acceptors (Lipinski definition) is 2. The van der Waals surface area contributed by atoms with Gasteiger partial charge in [-0.25, -0.2) is 0 Å². The van der Waals surface area contributed by atoms with Crippen molar-refractivity contribution < 1.29 is 0 Å². The minimum Gasteiger partial charge on any atom is -0.357 e. The van der Waals surface area contributed by atoms with E-state index in [0.717, 1.165) is 18.0 Å². The largest absolute Gasteiger partial charge is 0.357 e. The van der Waals surface area contributed by atoms with Gasteiger partial charge < -0.3 is 4.98 Å². The predicted molar refractivity (Wildman–Crippen MR) is 110 cm³/mol. The number of benzene rings is 2. The van der Waals surface area contributed by atoms with E-state index in [9.17, 15) is 0 Å². The number of aromatic amines is 1. The van der Waals surface area contributed by atoms with Crippen LogP contribution in [0.3, 0.4) is 0 Å². The molecule has 4 heterocycles. The first-order valence-corrected chi connectivity index (χ1v) is 10.6. The molecule has 0 aliphatic carbocycles. The van der Waals surface area contributed by atoms with E-state index in [4.69, 9.17) is 11.6 Å². The Morgan fingerprint density at radius 1 is 0.963 bits per heavy atom. The standard InChI is InChI=1S/C23H24ClN3/c24-16-7-5-6-15(14-16)23-26-12-4-3-10-20(26)22-21-18(11-13-27(22)23)17-8-1-2-9-19(17)25-21/h1-2,5-9,14,20,22-23,25H,3-4,10-13H2/t20-,22?,23?/m1/s1. The minimum absolute atomic E-state index is 0.346. The van der Waals surface area contributed by atoms with E-state index in [1.165, 1.54) is 48.0 Å². The third kappa shape index (κ3) is 2.35. The van der Waals surface area contributed by atoms with Gasteiger partial charge in [0.05, 0.1) is 12.2 Å². The van der Waals surface area contributed by atoms with Crippen LogP contribution in [0, 0.1) is 0 Å². The maximum absolute atomic E-state index is 6.36. The van der Waals surface area contributed by atoms with E-state index in [2.05, 4.69) is 57.2 Å². The molecule has 3 atom stereocenters. The average molecular weight is 378 g/mol. The van der Waals surface area contributed by atoms with Gasteiger partial charge in [-0.3, -0.25) is 9.80 Å². The summed E-state index contributed by atoms with van der Waals surface area (Å²) in [6.45, 7) is 2.30. The molecule has 138 valence electrons. The first-order valence-electron chi connectivity index (χ1n) is 10.2. The Kier molecular flexibility index (Phi) is 3.65. The molecule has 0 amide bonds. The van der Waals surface area contributed by atoms with Crippen molar-refractivity contribution in [1.82, 2.24) is 14.8 Å². The molecular weight excluding hydrogens is 354 g/mol. The smallest absolute Gasteiger partial charge is 0.0896 e. The molecule has 0 spiro atoms. The van der Waals surface area contributed by atoms with Crippen molar-refractivity contribution in [3.8, 4) is 0 Å². The van der Waals surface area contributed by atoms with Crippen molar-refractivity contribution in [2.24, 2.45) is 0 Å². The Morgan fingerprint density at radius 3 is 2.81 bits per heavy atom. The summed E-state index contributed by atoms with van der Waals surface area (Å²) in [6.07, 6.45) is 5.39. The summed E-state index contributed by atoms with van der Waals surface area (Å²) in [4.78, 5) is 9.30. The van der Waals surface area contributed by atoms with E-state index in [-0.39, 0.29) is 0 Å². The van der Waals surface area contributed by atoms with Gasteiger partial charge in [-0.05, 0) is 48.6 Å². The monoisotopic (exact) mass is 377 g/mol. The zero-order chi connectivity index (χ0) is 18.0. The summed E-state index contributed by atoms with van der Waals surface area (Å²) in [5.41, 5.74) is 5.64. The van der Waals surface area contributed by atoms with Crippen LogP contribution in [-0.4, -0.2) is 33.9 Å². The highest BCUT2D eigenvalue weighted by molar-refractivity contribution is 6.30. The van der Waals surface area contributed by atoms with Gasteiger partial charge in [0.2, 0.25) is 0 Å². The molecule has 6 rings (SSSR count). The normalized spacial score (nSPS) is 28.1. The van der Waals surface area contributed by atoms with E-state index < -0.39 is 0 Å². The Balaban J connectivity index is 1.51. The number of nitrogens with one attached hydrogen (secondary N) is 1. The summed E-state index contributed by atoms with van der Waals surface area (Å²) < 4.78 is 0. The third-order valence-electron chi connectivity index (χ3n) is 6.85. The first kappa shape index (κ1) is 16.2. The predicted octanol–water partition coefficient (Wildman–Crippen LogP) is 5.29. The average Bonchev–Trinajstić information content (AvgIpc) is 3.23.